The fraction of sp³-hybridized carbons (Fsp3) is 0. The first-order valence-corrected chi connectivity index (χ1v) is 44.6. The van der Waals surface area contributed by atoms with Gasteiger partial charge in [0.05, 0.1) is 66.7 Å². The molecule has 0 saturated carbocycles. The summed E-state index contributed by atoms with van der Waals surface area (Å²) in [5.74, 6) is 0. The van der Waals surface area contributed by atoms with E-state index in [2.05, 4.69) is 358 Å². The first-order chi connectivity index (χ1) is 65.5. The molecular formula is C118H71N13O. The van der Waals surface area contributed by atoms with E-state index in [1.54, 1.807) is 14.4 Å². The zero-order valence-corrected chi connectivity index (χ0v) is 70.7. The van der Waals surface area contributed by atoms with Gasteiger partial charge in [0, 0.05) is 76.3 Å². The van der Waals surface area contributed by atoms with Crippen LogP contribution in [0.3, 0.4) is 0 Å². The molecule has 132 heavy (non-hydrogen) atoms. The molecule has 14 heteroatoms. The van der Waals surface area contributed by atoms with Crippen molar-refractivity contribution in [1.82, 2.24) is 63.1 Å². The molecule has 0 aliphatic rings. The summed E-state index contributed by atoms with van der Waals surface area (Å²) < 4.78 is 15.9. The zero-order valence-electron chi connectivity index (χ0n) is 70.7. The lowest BCUT2D eigenvalue weighted by Gasteiger charge is -2.12. The highest BCUT2D eigenvalue weighted by atomic mass is 16.3. The van der Waals surface area contributed by atoms with Gasteiger partial charge >= 0.3 is 0 Å². The third-order valence-electron chi connectivity index (χ3n) is 26.9. The molecule has 0 N–H and O–H groups in total. The van der Waals surface area contributed by atoms with Crippen molar-refractivity contribution in [2.45, 2.75) is 0 Å². The standard InChI is InChI=1S/C42H25N5.C40H25N3O.C36H21N5/c1-3-11-26(12-4-1)45-35-19-9-17-31-29-15-7-8-16-30(29)32-18-10-20-36-40(32)42-38(24-23-37(45)41(42)39(31)35)46(36)28-21-22-33-34(25-28)44-47(43-33)27-13-5-2-6-14-27;1-2-10-26(11-3-1)27-13-8-14-31(23-27)43-41-36-21-20-29(25-37(36)42-43)35-24-30(22-28-12-4-5-15-32(28)35)33-17-9-19-39-40(33)34-16-6-7-18-38(34)44-39;1-2-9-22(10-3-1)41-37-28-19-17-23(21-29(28)38-41)39-32-16-8-13-26-24-11-4-6-14-30(24)40-31-15-7-5-12-25(31)27-18-20-33(39)35(34(26)32)36(27)40/h1-25H;1-25H;1-21H. The van der Waals surface area contributed by atoms with Crippen molar-refractivity contribution in [2.24, 2.45) is 0 Å². The Morgan fingerprint density at radius 2 is 0.576 bits per heavy atom. The van der Waals surface area contributed by atoms with Gasteiger partial charge in [0.15, 0.2) is 0 Å². The van der Waals surface area contributed by atoms with Crippen LogP contribution < -0.4 is 0 Å². The van der Waals surface area contributed by atoms with Crippen molar-refractivity contribution >= 4 is 191 Å². The molecule has 0 amide bonds. The van der Waals surface area contributed by atoms with Crippen LogP contribution in [0.4, 0.5) is 0 Å². The molecule has 0 unspecified atom stereocenters. The summed E-state index contributed by atoms with van der Waals surface area (Å²) in [6, 6.07) is 152. The van der Waals surface area contributed by atoms with Crippen LogP contribution in [0.25, 0.3) is 258 Å². The molecule has 0 bridgehead atoms. The fourth-order valence-corrected chi connectivity index (χ4v) is 21.3. The second kappa shape index (κ2) is 28.7. The smallest absolute Gasteiger partial charge is 0.136 e. The number of nitrogens with zero attached hydrogens (tertiary/aromatic N) is 13. The number of hydrogen-bond donors (Lipinski definition) is 0. The fourth-order valence-electron chi connectivity index (χ4n) is 21.3. The van der Waals surface area contributed by atoms with Gasteiger partial charge in [-0.2, -0.15) is 14.4 Å². The summed E-state index contributed by atoms with van der Waals surface area (Å²) in [6.45, 7) is 0. The van der Waals surface area contributed by atoms with Crippen LogP contribution in [-0.2, 0) is 0 Å². The van der Waals surface area contributed by atoms with Gasteiger partial charge in [-0.15, -0.1) is 30.6 Å². The summed E-state index contributed by atoms with van der Waals surface area (Å²) in [4.78, 5) is 5.18. The summed E-state index contributed by atoms with van der Waals surface area (Å²) in [5, 5.41) is 51.5. The highest BCUT2D eigenvalue weighted by Crippen LogP contribution is 2.51. The summed E-state index contributed by atoms with van der Waals surface area (Å²) in [5.41, 5.74) is 30.8. The van der Waals surface area contributed by atoms with E-state index in [4.69, 9.17) is 35.0 Å². The number of aromatic nitrogens is 13. The largest absolute Gasteiger partial charge is 0.456 e. The number of furan rings is 1. The van der Waals surface area contributed by atoms with E-state index in [0.717, 1.165) is 117 Å². The van der Waals surface area contributed by atoms with Crippen molar-refractivity contribution in [3.63, 3.8) is 0 Å². The highest BCUT2D eigenvalue weighted by Gasteiger charge is 2.28. The van der Waals surface area contributed by atoms with E-state index in [1.165, 1.54) is 141 Å². The zero-order chi connectivity index (χ0) is 86.3. The molecule has 0 atom stereocenters. The number of fused-ring (bicyclic) bond motifs is 16. The highest BCUT2D eigenvalue weighted by molar-refractivity contribution is 6.40. The number of benzene rings is 20. The molecule has 30 rings (SSSR count). The molecule has 21 aromatic carbocycles. The van der Waals surface area contributed by atoms with Crippen LogP contribution in [0.15, 0.2) is 435 Å². The first kappa shape index (κ1) is 73.1. The minimum Gasteiger partial charge on any atom is -0.456 e. The number of para-hydroxylation sites is 6. The maximum Gasteiger partial charge on any atom is 0.136 e. The van der Waals surface area contributed by atoms with Crippen LogP contribution in [0.2, 0.25) is 0 Å². The lowest BCUT2D eigenvalue weighted by atomic mass is 9.91. The Balaban J connectivity index is 0.0000000993. The quantitative estimate of drug-likeness (QED) is 0.141. The van der Waals surface area contributed by atoms with Crippen LogP contribution in [0.1, 0.15) is 0 Å². The molecule has 9 aromatic heterocycles. The molecule has 0 spiro atoms. The topological polar surface area (TPSA) is 124 Å². The minimum atomic E-state index is 0.852. The number of rotatable bonds is 9. The van der Waals surface area contributed by atoms with Gasteiger partial charge in [-0.3, -0.25) is 0 Å². The predicted molar refractivity (Wildman–Crippen MR) is 542 cm³/mol. The third kappa shape index (κ3) is 11.1. The van der Waals surface area contributed by atoms with Crippen molar-refractivity contribution in [1.29, 1.82) is 0 Å². The average Bonchev–Trinajstić information content (AvgIpc) is 1.52. The molecule has 30 aromatic rings. The molecule has 0 radical (unpaired) electrons. The van der Waals surface area contributed by atoms with Gasteiger partial charge in [0.1, 0.15) is 44.3 Å². The van der Waals surface area contributed by atoms with E-state index >= 15 is 0 Å². The average molecular weight is 1690 g/mol. The van der Waals surface area contributed by atoms with Crippen molar-refractivity contribution in [3.05, 3.63) is 431 Å². The molecule has 0 saturated heterocycles. The molecule has 14 nitrogen and oxygen atoms in total. The molecular weight excluding hydrogens is 1620 g/mol. The first-order valence-electron chi connectivity index (χ1n) is 44.6. The van der Waals surface area contributed by atoms with Gasteiger partial charge < -0.3 is 22.5 Å². The van der Waals surface area contributed by atoms with E-state index in [1.807, 2.05) is 91.0 Å². The molecule has 0 aliphatic carbocycles. The molecule has 0 fully saturated rings. The Bertz CT molecular complexity index is 9940. The third-order valence-corrected chi connectivity index (χ3v) is 26.9. The van der Waals surface area contributed by atoms with Crippen LogP contribution in [-0.4, -0.2) is 63.1 Å². The summed E-state index contributed by atoms with van der Waals surface area (Å²) in [6.07, 6.45) is 0. The van der Waals surface area contributed by atoms with Gasteiger partial charge in [0.2, 0.25) is 0 Å². The molecule has 9 heterocycles. The predicted octanol–water partition coefficient (Wildman–Crippen LogP) is 29.5. The van der Waals surface area contributed by atoms with Crippen molar-refractivity contribution < 1.29 is 4.42 Å². The van der Waals surface area contributed by atoms with Crippen LogP contribution >= 0.6 is 0 Å². The lowest BCUT2D eigenvalue weighted by Crippen LogP contribution is -1.98. The normalized spacial score (nSPS) is 12.1. The monoisotopic (exact) mass is 1690 g/mol. The summed E-state index contributed by atoms with van der Waals surface area (Å²) in [7, 11) is 0. The summed E-state index contributed by atoms with van der Waals surface area (Å²) >= 11 is 0. The number of hydrogen-bond acceptors (Lipinski definition) is 7. The van der Waals surface area contributed by atoms with Crippen LogP contribution in [0.5, 0.6) is 0 Å². The van der Waals surface area contributed by atoms with Crippen molar-refractivity contribution in [3.8, 4) is 67.5 Å². The maximum atomic E-state index is 6.22. The minimum absolute atomic E-state index is 0.852. The van der Waals surface area contributed by atoms with Crippen molar-refractivity contribution in [2.75, 3.05) is 0 Å². The van der Waals surface area contributed by atoms with Crippen LogP contribution in [0, 0.1) is 0 Å². The Hall–Kier alpha value is -18.1. The van der Waals surface area contributed by atoms with E-state index < -0.39 is 0 Å². The molecule has 614 valence electrons. The second-order valence-electron chi connectivity index (χ2n) is 34.2. The van der Waals surface area contributed by atoms with E-state index in [-0.39, 0.29) is 0 Å². The van der Waals surface area contributed by atoms with Gasteiger partial charge in [-0.05, 0) is 241 Å². The van der Waals surface area contributed by atoms with Gasteiger partial charge in [-0.1, -0.05) is 261 Å². The Kier molecular flexibility index (Phi) is 15.9. The maximum absolute atomic E-state index is 6.22. The van der Waals surface area contributed by atoms with Gasteiger partial charge in [-0.25, -0.2) is 0 Å². The Morgan fingerprint density at radius 3 is 1.18 bits per heavy atom. The van der Waals surface area contributed by atoms with Gasteiger partial charge in [0.25, 0.3) is 0 Å². The second-order valence-corrected chi connectivity index (χ2v) is 34.2. The Morgan fingerprint density at radius 1 is 0.174 bits per heavy atom. The Labute approximate surface area is 751 Å². The SMILES string of the molecule is c1ccc(-c2cccc(-n3nc4ccc(-c5cc(-c6cccc7oc8ccccc8c67)cc6ccccc56)cc4n3)c2)cc1.c1ccc(-n2nc3ccc(-n4c5cccc6c7ccccc7c7cccc8c7c7c(c65)c4ccc7n8-c4ccccc4)cc3n2)cc1.c1ccc(-n2nc3ccc(-n4c5cccc6c7ccccc7n7c8ccccc8c8ccc4c(c65)c87)cc3n2)cc1. The molecule has 0 aliphatic heterocycles. The van der Waals surface area contributed by atoms with E-state index in [0.29, 0.717) is 0 Å². The lowest BCUT2D eigenvalue weighted by molar-refractivity contribution is 0.669. The van der Waals surface area contributed by atoms with E-state index in [9.17, 15) is 0 Å².